The third-order valence-electron chi connectivity index (χ3n) is 5.92. The number of aromatic nitrogens is 1. The van der Waals surface area contributed by atoms with E-state index >= 15 is 0 Å². The van der Waals surface area contributed by atoms with Crippen LogP contribution in [0.25, 0.3) is 5.76 Å². The number of ketones is 1. The molecule has 3 aromatic rings. The molecule has 0 bridgehead atoms. The van der Waals surface area contributed by atoms with Crippen LogP contribution in [0.3, 0.4) is 0 Å². The number of aliphatic hydroxyl groups excluding tert-OH is 1. The molecule has 6 nitrogen and oxygen atoms in total. The normalized spacial score (nSPS) is 17.1. The van der Waals surface area contributed by atoms with E-state index < -0.39 is 17.7 Å². The second-order valence-corrected chi connectivity index (χ2v) is 8.86. The van der Waals surface area contributed by atoms with Gasteiger partial charge in [0.2, 0.25) is 0 Å². The van der Waals surface area contributed by atoms with Gasteiger partial charge in [0.25, 0.3) is 11.7 Å². The number of rotatable bonds is 9. The summed E-state index contributed by atoms with van der Waals surface area (Å²) in [5, 5.41) is 11.7. The molecule has 1 aromatic heterocycles. The van der Waals surface area contributed by atoms with Gasteiger partial charge in [0, 0.05) is 29.5 Å². The zero-order valence-corrected chi connectivity index (χ0v) is 20.2. The fourth-order valence-corrected chi connectivity index (χ4v) is 4.28. The van der Waals surface area contributed by atoms with E-state index in [4.69, 9.17) is 16.3 Å². The van der Waals surface area contributed by atoms with Crippen LogP contribution in [0.2, 0.25) is 5.02 Å². The molecule has 0 radical (unpaired) electrons. The van der Waals surface area contributed by atoms with E-state index in [-0.39, 0.29) is 17.9 Å². The van der Waals surface area contributed by atoms with Gasteiger partial charge in [-0.1, -0.05) is 49.6 Å². The van der Waals surface area contributed by atoms with Crippen molar-refractivity contribution in [1.82, 2.24) is 9.88 Å². The van der Waals surface area contributed by atoms with Crippen molar-refractivity contribution in [3.8, 4) is 5.75 Å². The van der Waals surface area contributed by atoms with E-state index in [2.05, 4.69) is 11.9 Å². The number of hydrogen-bond donors (Lipinski definition) is 1. The molecule has 2 aromatic carbocycles. The fraction of sp³-hybridized carbons (Fsp3) is 0.250. The second kappa shape index (κ2) is 11.2. The topological polar surface area (TPSA) is 79.7 Å². The molecule has 0 spiro atoms. The van der Waals surface area contributed by atoms with E-state index in [1.165, 1.54) is 4.90 Å². The SMILES string of the molecule is CCCCCOc1cccc(C2C(=C(O)c3ccc(Cl)cc3)C(=O)C(=O)N2Cc2cccnc2)c1. The summed E-state index contributed by atoms with van der Waals surface area (Å²) in [5.41, 5.74) is 1.89. The average molecular weight is 491 g/mol. The molecule has 2 heterocycles. The molecule has 1 aliphatic rings. The van der Waals surface area contributed by atoms with Crippen molar-refractivity contribution in [3.63, 3.8) is 0 Å². The van der Waals surface area contributed by atoms with Crippen LogP contribution in [-0.4, -0.2) is 33.3 Å². The van der Waals surface area contributed by atoms with Gasteiger partial charge in [-0.05, 0) is 60.0 Å². The van der Waals surface area contributed by atoms with Crippen LogP contribution in [-0.2, 0) is 16.1 Å². The summed E-state index contributed by atoms with van der Waals surface area (Å²) in [4.78, 5) is 32.0. The Balaban J connectivity index is 1.77. The Morgan fingerprint density at radius 3 is 2.60 bits per heavy atom. The molecule has 1 unspecified atom stereocenters. The van der Waals surface area contributed by atoms with E-state index in [0.29, 0.717) is 28.5 Å². The van der Waals surface area contributed by atoms with Crippen LogP contribution in [0, 0.1) is 0 Å². The van der Waals surface area contributed by atoms with Crippen molar-refractivity contribution in [1.29, 1.82) is 0 Å². The number of aliphatic hydroxyl groups is 1. The number of benzene rings is 2. The van der Waals surface area contributed by atoms with E-state index in [0.717, 1.165) is 24.8 Å². The number of ether oxygens (including phenoxy) is 1. The van der Waals surface area contributed by atoms with Gasteiger partial charge >= 0.3 is 0 Å². The first kappa shape index (κ1) is 24.5. The summed E-state index contributed by atoms with van der Waals surface area (Å²) < 4.78 is 5.92. The number of halogens is 1. The average Bonchev–Trinajstić information content (AvgIpc) is 3.12. The predicted molar refractivity (Wildman–Crippen MR) is 135 cm³/mol. The summed E-state index contributed by atoms with van der Waals surface area (Å²) >= 11 is 6.00. The summed E-state index contributed by atoms with van der Waals surface area (Å²) in [6.45, 7) is 2.88. The van der Waals surface area contributed by atoms with Gasteiger partial charge in [0.1, 0.15) is 11.5 Å². The molecule has 1 N–H and O–H groups in total. The van der Waals surface area contributed by atoms with Crippen molar-refractivity contribution in [2.45, 2.75) is 38.8 Å². The maximum absolute atomic E-state index is 13.2. The lowest BCUT2D eigenvalue weighted by molar-refractivity contribution is -0.140. The third-order valence-corrected chi connectivity index (χ3v) is 6.18. The van der Waals surface area contributed by atoms with Gasteiger partial charge in [0.15, 0.2) is 0 Å². The van der Waals surface area contributed by atoms with Crippen molar-refractivity contribution in [3.05, 3.63) is 100 Å². The Bertz CT molecular complexity index is 1230. The van der Waals surface area contributed by atoms with Crippen molar-refractivity contribution < 1.29 is 19.4 Å². The monoisotopic (exact) mass is 490 g/mol. The molecular formula is C28H27ClN2O4. The summed E-state index contributed by atoms with van der Waals surface area (Å²) in [6.07, 6.45) is 6.41. The van der Waals surface area contributed by atoms with Crippen LogP contribution < -0.4 is 4.74 Å². The number of pyridine rings is 1. The Kier molecular flexibility index (Phi) is 7.83. The first-order chi connectivity index (χ1) is 17.0. The second-order valence-electron chi connectivity index (χ2n) is 8.42. The molecule has 1 aliphatic heterocycles. The lowest BCUT2D eigenvalue weighted by atomic mass is 9.95. The number of carbonyl (C=O) groups excluding carboxylic acids is 2. The number of unbranched alkanes of at least 4 members (excludes halogenated alkanes) is 2. The largest absolute Gasteiger partial charge is 0.507 e. The first-order valence-corrected chi connectivity index (χ1v) is 12.0. The summed E-state index contributed by atoms with van der Waals surface area (Å²) in [5.74, 6) is -1.01. The number of hydrogen-bond acceptors (Lipinski definition) is 5. The van der Waals surface area contributed by atoms with Gasteiger partial charge in [-0.25, -0.2) is 0 Å². The highest BCUT2D eigenvalue weighted by Gasteiger charge is 2.46. The molecule has 0 aliphatic carbocycles. The van der Waals surface area contributed by atoms with Gasteiger partial charge in [0.05, 0.1) is 18.2 Å². The van der Waals surface area contributed by atoms with Crippen LogP contribution in [0.1, 0.15) is 48.9 Å². The highest BCUT2D eigenvalue weighted by atomic mass is 35.5. The summed E-state index contributed by atoms with van der Waals surface area (Å²) in [6, 6.07) is 16.7. The highest BCUT2D eigenvalue weighted by molar-refractivity contribution is 6.46. The molecule has 180 valence electrons. The van der Waals surface area contributed by atoms with Crippen LogP contribution in [0.15, 0.2) is 78.6 Å². The lowest BCUT2D eigenvalue weighted by Gasteiger charge is -2.25. The predicted octanol–water partition coefficient (Wildman–Crippen LogP) is 5.93. The van der Waals surface area contributed by atoms with Crippen molar-refractivity contribution >= 4 is 29.1 Å². The molecule has 1 amide bonds. The molecule has 7 heteroatoms. The number of likely N-dealkylation sites (tertiary alicyclic amines) is 1. The first-order valence-electron chi connectivity index (χ1n) is 11.7. The Labute approximate surface area is 209 Å². The Morgan fingerprint density at radius 2 is 1.89 bits per heavy atom. The minimum Gasteiger partial charge on any atom is -0.507 e. The number of nitrogens with zero attached hydrogens (tertiary/aromatic N) is 2. The van der Waals surface area contributed by atoms with Crippen LogP contribution in [0.4, 0.5) is 0 Å². The van der Waals surface area contributed by atoms with Crippen LogP contribution in [0.5, 0.6) is 5.75 Å². The zero-order valence-electron chi connectivity index (χ0n) is 19.5. The van der Waals surface area contributed by atoms with E-state index in [1.807, 2.05) is 30.3 Å². The number of carbonyl (C=O) groups is 2. The van der Waals surface area contributed by atoms with Gasteiger partial charge in [-0.15, -0.1) is 0 Å². The smallest absolute Gasteiger partial charge is 0.295 e. The number of amides is 1. The Morgan fingerprint density at radius 1 is 1.09 bits per heavy atom. The maximum atomic E-state index is 13.2. The molecule has 1 fully saturated rings. The standard InChI is InChI=1S/C28H27ClN2O4/c1-2-3-4-15-35-23-9-5-8-21(16-23)25-24(26(32)20-10-12-22(29)13-11-20)27(33)28(34)31(25)18-19-7-6-14-30-17-19/h5-14,16-17,25,32H,2-4,15,18H2,1H3. The maximum Gasteiger partial charge on any atom is 0.295 e. The Hall–Kier alpha value is -3.64. The minimum absolute atomic E-state index is 0.0318. The third kappa shape index (κ3) is 5.54. The fourth-order valence-electron chi connectivity index (χ4n) is 4.16. The van der Waals surface area contributed by atoms with Gasteiger partial charge in [-0.2, -0.15) is 0 Å². The van der Waals surface area contributed by atoms with Crippen molar-refractivity contribution in [2.75, 3.05) is 6.61 Å². The quantitative estimate of drug-likeness (QED) is 0.174. The number of Topliss-reactive ketones (excluding diaryl/α,β-unsaturated/α-hetero) is 1. The molecule has 1 atom stereocenters. The summed E-state index contributed by atoms with van der Waals surface area (Å²) in [7, 11) is 0. The van der Waals surface area contributed by atoms with Crippen LogP contribution >= 0.6 is 11.6 Å². The minimum atomic E-state index is -0.787. The molecular weight excluding hydrogens is 464 g/mol. The molecule has 4 rings (SSSR count). The van der Waals surface area contributed by atoms with Crippen molar-refractivity contribution in [2.24, 2.45) is 0 Å². The molecule has 1 saturated heterocycles. The van der Waals surface area contributed by atoms with E-state index in [9.17, 15) is 14.7 Å². The molecule has 0 saturated carbocycles. The zero-order chi connectivity index (χ0) is 24.8. The lowest BCUT2D eigenvalue weighted by Crippen LogP contribution is -2.29. The van der Waals surface area contributed by atoms with E-state index in [1.54, 1.807) is 42.7 Å². The van der Waals surface area contributed by atoms with Gasteiger partial charge < -0.3 is 14.7 Å². The molecule has 35 heavy (non-hydrogen) atoms. The highest BCUT2D eigenvalue weighted by Crippen LogP contribution is 2.41. The van der Waals surface area contributed by atoms with Gasteiger partial charge in [-0.3, -0.25) is 14.6 Å².